The van der Waals surface area contributed by atoms with Gasteiger partial charge in [0.2, 0.25) is 0 Å². The van der Waals surface area contributed by atoms with E-state index in [1.165, 1.54) is 5.56 Å². The van der Waals surface area contributed by atoms with Crippen LogP contribution in [0.3, 0.4) is 0 Å². The van der Waals surface area contributed by atoms with Crippen molar-refractivity contribution >= 4 is 0 Å². The van der Waals surface area contributed by atoms with Gasteiger partial charge in [0.1, 0.15) is 18.5 Å². The van der Waals surface area contributed by atoms with E-state index in [9.17, 15) is 10.2 Å². The molecule has 0 bridgehead atoms. The Morgan fingerprint density at radius 2 is 1.74 bits per heavy atom. The minimum atomic E-state index is -0.605. The Morgan fingerprint density at radius 3 is 2.39 bits per heavy atom. The van der Waals surface area contributed by atoms with E-state index in [1.807, 2.05) is 66.4 Å². The molecule has 0 heterocycles. The maximum Gasteiger partial charge on any atom is 0.119 e. The minimum absolute atomic E-state index is 0.0678. The first-order chi connectivity index (χ1) is 11.2. The molecule has 0 aromatic heterocycles. The predicted molar refractivity (Wildman–Crippen MR) is 91.5 cm³/mol. The molecule has 0 saturated carbocycles. The summed E-state index contributed by atoms with van der Waals surface area (Å²) in [5.74, 6) is 0.756. The molecule has 4 heteroatoms. The summed E-state index contributed by atoms with van der Waals surface area (Å²) in [4.78, 5) is 2.03. The molecule has 2 aromatic carbocycles. The molecule has 4 nitrogen and oxygen atoms in total. The number of nitrogens with zero attached hydrogens (tertiary/aromatic N) is 1. The van der Waals surface area contributed by atoms with Crippen LogP contribution in [0.4, 0.5) is 0 Å². The number of benzene rings is 2. The molecule has 23 heavy (non-hydrogen) atoms. The zero-order valence-corrected chi connectivity index (χ0v) is 13.6. The van der Waals surface area contributed by atoms with E-state index >= 15 is 0 Å². The molecule has 0 aliphatic carbocycles. The number of hydrogen-bond donors (Lipinski definition) is 2. The summed E-state index contributed by atoms with van der Waals surface area (Å²) in [6.07, 6.45) is -0.605. The third kappa shape index (κ3) is 6.40. The topological polar surface area (TPSA) is 52.9 Å². The van der Waals surface area contributed by atoms with Crippen LogP contribution < -0.4 is 4.74 Å². The van der Waals surface area contributed by atoms with Crippen molar-refractivity contribution < 1.29 is 14.9 Å². The highest BCUT2D eigenvalue weighted by Gasteiger charge is 2.13. The smallest absolute Gasteiger partial charge is 0.119 e. The second-order valence-electron chi connectivity index (χ2n) is 5.72. The first-order valence-electron chi connectivity index (χ1n) is 7.92. The SMILES string of the molecule is Cc1ccc(OC[C@@H](O)CN(CCO)Cc2ccccc2)cc1. The lowest BCUT2D eigenvalue weighted by Crippen LogP contribution is -2.37. The van der Waals surface area contributed by atoms with Crippen molar-refractivity contribution in [3.63, 3.8) is 0 Å². The molecule has 0 fully saturated rings. The Morgan fingerprint density at radius 1 is 1.04 bits per heavy atom. The number of rotatable bonds is 9. The van der Waals surface area contributed by atoms with Gasteiger partial charge < -0.3 is 14.9 Å². The molecule has 0 spiro atoms. The van der Waals surface area contributed by atoms with E-state index in [-0.39, 0.29) is 13.2 Å². The number of hydrogen-bond acceptors (Lipinski definition) is 4. The molecule has 124 valence electrons. The van der Waals surface area contributed by atoms with Gasteiger partial charge in [0.25, 0.3) is 0 Å². The van der Waals surface area contributed by atoms with E-state index in [1.54, 1.807) is 0 Å². The normalized spacial score (nSPS) is 12.3. The van der Waals surface area contributed by atoms with E-state index in [4.69, 9.17) is 4.74 Å². The first-order valence-corrected chi connectivity index (χ1v) is 7.92. The lowest BCUT2D eigenvalue weighted by molar-refractivity contribution is 0.0590. The van der Waals surface area contributed by atoms with Gasteiger partial charge in [-0.3, -0.25) is 4.90 Å². The molecule has 0 unspecified atom stereocenters. The van der Waals surface area contributed by atoms with Gasteiger partial charge in [0, 0.05) is 19.6 Å². The fourth-order valence-electron chi connectivity index (χ4n) is 2.40. The van der Waals surface area contributed by atoms with Gasteiger partial charge in [0.05, 0.1) is 6.61 Å². The van der Waals surface area contributed by atoms with Gasteiger partial charge in [-0.25, -0.2) is 0 Å². The standard InChI is InChI=1S/C19H25NO3/c1-16-7-9-19(10-8-16)23-15-18(22)14-20(11-12-21)13-17-5-3-2-4-6-17/h2-10,18,21-22H,11-15H2,1H3/t18-/m0/s1. The Balaban J connectivity index is 1.82. The van der Waals surface area contributed by atoms with Crippen LogP contribution >= 0.6 is 0 Å². The highest BCUT2D eigenvalue weighted by molar-refractivity contribution is 5.26. The predicted octanol–water partition coefficient (Wildman–Crippen LogP) is 2.23. The van der Waals surface area contributed by atoms with Crippen LogP contribution in [0.25, 0.3) is 0 Å². The lowest BCUT2D eigenvalue weighted by atomic mass is 10.2. The van der Waals surface area contributed by atoms with E-state index in [0.29, 0.717) is 19.6 Å². The van der Waals surface area contributed by atoms with Crippen molar-refractivity contribution in [2.45, 2.75) is 19.6 Å². The minimum Gasteiger partial charge on any atom is -0.491 e. The highest BCUT2D eigenvalue weighted by atomic mass is 16.5. The summed E-state index contributed by atoms with van der Waals surface area (Å²) in [7, 11) is 0. The first kappa shape index (κ1) is 17.5. The summed E-state index contributed by atoms with van der Waals surface area (Å²) >= 11 is 0. The molecule has 2 rings (SSSR count). The average molecular weight is 315 g/mol. The molecule has 0 saturated heterocycles. The Bertz CT molecular complexity index is 557. The molecule has 0 amide bonds. The van der Waals surface area contributed by atoms with Crippen LogP contribution in [-0.4, -0.2) is 47.5 Å². The number of aryl methyl sites for hydroxylation is 1. The fraction of sp³-hybridized carbons (Fsp3) is 0.368. The molecule has 1 atom stereocenters. The van der Waals surface area contributed by atoms with Gasteiger partial charge in [-0.1, -0.05) is 48.0 Å². The summed E-state index contributed by atoms with van der Waals surface area (Å²) in [6, 6.07) is 17.8. The van der Waals surface area contributed by atoms with Crippen LogP contribution in [0, 0.1) is 6.92 Å². The van der Waals surface area contributed by atoms with E-state index in [0.717, 1.165) is 11.3 Å². The van der Waals surface area contributed by atoms with Gasteiger partial charge in [-0.05, 0) is 24.6 Å². The van der Waals surface area contributed by atoms with Crippen LogP contribution in [0.1, 0.15) is 11.1 Å². The van der Waals surface area contributed by atoms with Crippen molar-refractivity contribution in [2.24, 2.45) is 0 Å². The van der Waals surface area contributed by atoms with Crippen molar-refractivity contribution in [3.8, 4) is 5.75 Å². The molecule has 0 radical (unpaired) electrons. The quantitative estimate of drug-likeness (QED) is 0.745. The summed E-state index contributed by atoms with van der Waals surface area (Å²) in [5.41, 5.74) is 2.34. The van der Waals surface area contributed by atoms with E-state index < -0.39 is 6.10 Å². The number of ether oxygens (including phenoxy) is 1. The zero-order valence-electron chi connectivity index (χ0n) is 13.6. The maximum atomic E-state index is 10.2. The van der Waals surface area contributed by atoms with Crippen molar-refractivity contribution in [1.82, 2.24) is 4.90 Å². The molecular weight excluding hydrogens is 290 g/mol. The molecule has 0 aliphatic heterocycles. The molecule has 0 aliphatic rings. The van der Waals surface area contributed by atoms with Crippen LogP contribution in [0.2, 0.25) is 0 Å². The Kier molecular flexibility index (Phi) is 7.07. The molecule has 2 N–H and O–H groups in total. The average Bonchev–Trinajstić information content (AvgIpc) is 2.55. The second kappa shape index (κ2) is 9.30. The molecular formula is C19H25NO3. The number of aliphatic hydroxyl groups is 2. The Labute approximate surface area is 138 Å². The van der Waals surface area contributed by atoms with Crippen molar-refractivity contribution in [1.29, 1.82) is 0 Å². The van der Waals surface area contributed by atoms with Crippen LogP contribution in [0.5, 0.6) is 5.75 Å². The summed E-state index contributed by atoms with van der Waals surface area (Å²) in [6.45, 7) is 4.01. The molecule has 2 aromatic rings. The maximum absolute atomic E-state index is 10.2. The van der Waals surface area contributed by atoms with Crippen LogP contribution in [-0.2, 0) is 6.54 Å². The van der Waals surface area contributed by atoms with Gasteiger partial charge in [0.15, 0.2) is 0 Å². The largest absolute Gasteiger partial charge is 0.491 e. The summed E-state index contributed by atoms with van der Waals surface area (Å²) in [5, 5.41) is 19.4. The van der Waals surface area contributed by atoms with Gasteiger partial charge in [-0.2, -0.15) is 0 Å². The zero-order chi connectivity index (χ0) is 16.5. The fourth-order valence-corrected chi connectivity index (χ4v) is 2.40. The Hall–Kier alpha value is -1.88. The van der Waals surface area contributed by atoms with E-state index in [2.05, 4.69) is 0 Å². The monoisotopic (exact) mass is 315 g/mol. The lowest BCUT2D eigenvalue weighted by Gasteiger charge is -2.24. The number of aliphatic hydroxyl groups excluding tert-OH is 2. The second-order valence-corrected chi connectivity index (χ2v) is 5.72. The third-order valence-electron chi connectivity index (χ3n) is 3.60. The summed E-state index contributed by atoms with van der Waals surface area (Å²) < 4.78 is 5.61. The highest BCUT2D eigenvalue weighted by Crippen LogP contribution is 2.12. The van der Waals surface area contributed by atoms with Crippen molar-refractivity contribution in [3.05, 3.63) is 65.7 Å². The van der Waals surface area contributed by atoms with Crippen molar-refractivity contribution in [2.75, 3.05) is 26.3 Å². The van der Waals surface area contributed by atoms with Gasteiger partial charge in [-0.15, -0.1) is 0 Å². The van der Waals surface area contributed by atoms with Crippen LogP contribution in [0.15, 0.2) is 54.6 Å². The third-order valence-corrected chi connectivity index (χ3v) is 3.60. The van der Waals surface area contributed by atoms with Gasteiger partial charge >= 0.3 is 0 Å².